The summed E-state index contributed by atoms with van der Waals surface area (Å²) in [6.07, 6.45) is -0.0911. The fraction of sp³-hybridized carbons (Fsp3) is 0.321. The fourth-order valence-corrected chi connectivity index (χ4v) is 5.63. The number of carbonyl (C=O) groups excluding carboxylic acids is 2. The van der Waals surface area contributed by atoms with Crippen LogP contribution in [0.5, 0.6) is 5.88 Å². The minimum atomic E-state index is -0.959. The van der Waals surface area contributed by atoms with Crippen LogP contribution >= 0.6 is 11.3 Å². The predicted octanol–water partition coefficient (Wildman–Crippen LogP) is 3.66. The molecule has 2 aliphatic rings. The minimum Gasteiger partial charge on any atom is -0.474 e. The normalized spacial score (nSPS) is 20.1. The second-order valence-corrected chi connectivity index (χ2v) is 11.3. The van der Waals surface area contributed by atoms with E-state index >= 15 is 0 Å². The highest BCUT2D eigenvalue weighted by Crippen LogP contribution is 2.48. The Hall–Kier alpha value is -4.12. The third-order valence-corrected chi connectivity index (χ3v) is 8.32. The van der Waals surface area contributed by atoms with Crippen LogP contribution in [0.15, 0.2) is 53.4 Å². The van der Waals surface area contributed by atoms with Crippen molar-refractivity contribution in [3.05, 3.63) is 70.4 Å². The molecule has 2 N–H and O–H groups in total. The molecule has 1 aliphatic heterocycles. The van der Waals surface area contributed by atoms with Gasteiger partial charge >= 0.3 is 0 Å². The number of pyridine rings is 1. The Kier molecular flexibility index (Phi) is 5.98. The van der Waals surface area contributed by atoms with Crippen LogP contribution in [-0.2, 0) is 17.3 Å². The minimum absolute atomic E-state index is 0.0700. The molecule has 0 bridgehead atoms. The molecule has 9 nitrogen and oxygen atoms in total. The lowest BCUT2D eigenvalue weighted by Crippen LogP contribution is -2.35. The maximum atomic E-state index is 13.5. The van der Waals surface area contributed by atoms with E-state index < -0.39 is 11.3 Å². The molecule has 1 saturated carbocycles. The van der Waals surface area contributed by atoms with E-state index in [-0.39, 0.29) is 29.7 Å². The summed E-state index contributed by atoms with van der Waals surface area (Å²) in [5.74, 6) is -0.153. The molecule has 200 valence electrons. The van der Waals surface area contributed by atoms with Gasteiger partial charge in [-0.15, -0.1) is 11.3 Å². The number of primary amides is 1. The third-order valence-electron chi connectivity index (χ3n) is 7.73. The SMILES string of the molecule is Cn1nc(-c2cscn2)cc1C(=O)N1C[C@@H]2[C@H](C1)[C@H]2Oc1cc(C(C)(C)C(N)=O)cc(-c2ccc(F)cc2)n1. The average Bonchev–Trinajstić information content (AvgIpc) is 3.42. The van der Waals surface area contributed by atoms with Gasteiger partial charge in [-0.3, -0.25) is 14.3 Å². The molecule has 1 saturated heterocycles. The van der Waals surface area contributed by atoms with Crippen molar-refractivity contribution in [2.75, 3.05) is 13.1 Å². The topological polar surface area (TPSA) is 116 Å². The number of aromatic nitrogens is 4. The zero-order chi connectivity index (χ0) is 27.5. The zero-order valence-corrected chi connectivity index (χ0v) is 22.5. The van der Waals surface area contributed by atoms with Gasteiger partial charge in [-0.05, 0) is 55.8 Å². The van der Waals surface area contributed by atoms with Crippen molar-refractivity contribution >= 4 is 23.2 Å². The van der Waals surface area contributed by atoms with E-state index in [1.54, 1.807) is 61.4 Å². The first kappa shape index (κ1) is 25.2. The van der Waals surface area contributed by atoms with Gasteiger partial charge in [-0.1, -0.05) is 0 Å². The molecule has 2 fully saturated rings. The summed E-state index contributed by atoms with van der Waals surface area (Å²) in [6, 6.07) is 11.3. The molecular formula is C28H27FN6O3S. The Morgan fingerprint density at radius 1 is 1.08 bits per heavy atom. The molecule has 1 aromatic carbocycles. The Bertz CT molecular complexity index is 1550. The molecular weight excluding hydrogens is 519 g/mol. The molecule has 11 heteroatoms. The smallest absolute Gasteiger partial charge is 0.272 e. The van der Waals surface area contributed by atoms with Crippen LogP contribution in [0.25, 0.3) is 22.6 Å². The van der Waals surface area contributed by atoms with Crippen molar-refractivity contribution in [1.29, 1.82) is 0 Å². The van der Waals surface area contributed by atoms with Gasteiger partial charge in [0.05, 0.1) is 16.6 Å². The number of aryl methyl sites for hydroxylation is 1. The van der Waals surface area contributed by atoms with Crippen molar-refractivity contribution in [3.63, 3.8) is 0 Å². The van der Waals surface area contributed by atoms with Crippen LogP contribution in [0.1, 0.15) is 29.9 Å². The molecule has 3 aromatic heterocycles. The highest BCUT2D eigenvalue weighted by molar-refractivity contribution is 7.07. The van der Waals surface area contributed by atoms with Gasteiger partial charge in [0.1, 0.15) is 29.0 Å². The lowest BCUT2D eigenvalue weighted by Gasteiger charge is -2.23. The number of amides is 2. The number of nitrogens with zero attached hydrogens (tertiary/aromatic N) is 5. The Labute approximate surface area is 228 Å². The summed E-state index contributed by atoms with van der Waals surface area (Å²) in [6.45, 7) is 4.64. The molecule has 6 rings (SSSR count). The number of benzene rings is 1. The fourth-order valence-electron chi connectivity index (χ4n) is 5.08. The third kappa shape index (κ3) is 4.56. The van der Waals surface area contributed by atoms with Crippen LogP contribution in [0.3, 0.4) is 0 Å². The lowest BCUT2D eigenvalue weighted by molar-refractivity contribution is -0.122. The number of likely N-dealkylation sites (tertiary alicyclic amines) is 1. The van der Waals surface area contributed by atoms with Crippen LogP contribution in [0.4, 0.5) is 4.39 Å². The van der Waals surface area contributed by atoms with E-state index in [2.05, 4.69) is 15.1 Å². The largest absolute Gasteiger partial charge is 0.474 e. The maximum absolute atomic E-state index is 13.5. The monoisotopic (exact) mass is 546 g/mol. The first-order valence-electron chi connectivity index (χ1n) is 12.6. The van der Waals surface area contributed by atoms with Crippen molar-refractivity contribution in [2.24, 2.45) is 24.6 Å². The quantitative estimate of drug-likeness (QED) is 0.378. The van der Waals surface area contributed by atoms with Gasteiger partial charge in [0.2, 0.25) is 11.8 Å². The van der Waals surface area contributed by atoms with Gasteiger partial charge in [0.15, 0.2) is 0 Å². The summed E-state index contributed by atoms with van der Waals surface area (Å²) in [7, 11) is 1.76. The number of ether oxygens (including phenoxy) is 1. The number of piperidine rings is 1. The molecule has 0 unspecified atom stereocenters. The number of halogens is 1. The van der Waals surface area contributed by atoms with Gasteiger partial charge in [0.25, 0.3) is 5.91 Å². The van der Waals surface area contributed by atoms with E-state index in [0.717, 1.165) is 5.69 Å². The number of hydrogen-bond acceptors (Lipinski definition) is 7. The molecule has 3 atom stereocenters. The molecule has 39 heavy (non-hydrogen) atoms. The zero-order valence-electron chi connectivity index (χ0n) is 21.7. The molecule has 2 amide bonds. The summed E-state index contributed by atoms with van der Waals surface area (Å²) < 4.78 is 21.4. The van der Waals surface area contributed by atoms with Crippen molar-refractivity contribution in [3.8, 4) is 28.5 Å². The van der Waals surface area contributed by atoms with E-state index in [9.17, 15) is 14.0 Å². The number of carbonyl (C=O) groups is 2. The molecule has 0 spiro atoms. The van der Waals surface area contributed by atoms with Crippen LogP contribution in [0.2, 0.25) is 0 Å². The van der Waals surface area contributed by atoms with E-state index in [1.165, 1.54) is 23.5 Å². The lowest BCUT2D eigenvalue weighted by atomic mass is 9.83. The second kappa shape index (κ2) is 9.26. The van der Waals surface area contributed by atoms with Gasteiger partial charge in [-0.25, -0.2) is 14.4 Å². The number of fused-ring (bicyclic) bond motifs is 1. The van der Waals surface area contributed by atoms with E-state index in [4.69, 9.17) is 10.5 Å². The van der Waals surface area contributed by atoms with Crippen molar-refractivity contribution in [2.45, 2.75) is 25.4 Å². The van der Waals surface area contributed by atoms with Crippen LogP contribution < -0.4 is 10.5 Å². The summed E-state index contributed by atoms with van der Waals surface area (Å²) in [5, 5.41) is 6.35. The molecule has 1 aliphatic carbocycles. The average molecular weight is 547 g/mol. The molecule has 4 heterocycles. The molecule has 4 aromatic rings. The predicted molar refractivity (Wildman–Crippen MR) is 143 cm³/mol. The number of thiazole rings is 1. The van der Waals surface area contributed by atoms with Gasteiger partial charge in [-0.2, -0.15) is 5.10 Å². The van der Waals surface area contributed by atoms with Crippen molar-refractivity contribution in [1.82, 2.24) is 24.6 Å². The Morgan fingerprint density at radius 3 is 2.44 bits per heavy atom. The van der Waals surface area contributed by atoms with Crippen LogP contribution in [-0.4, -0.2) is 55.7 Å². The van der Waals surface area contributed by atoms with Gasteiger partial charge < -0.3 is 15.4 Å². The summed E-state index contributed by atoms with van der Waals surface area (Å²) in [5.41, 5.74) is 10.3. The Balaban J connectivity index is 1.18. The summed E-state index contributed by atoms with van der Waals surface area (Å²) >= 11 is 1.48. The van der Waals surface area contributed by atoms with Crippen LogP contribution in [0, 0.1) is 17.7 Å². The highest BCUT2D eigenvalue weighted by atomic mass is 32.1. The summed E-state index contributed by atoms with van der Waals surface area (Å²) in [4.78, 5) is 36.2. The second-order valence-electron chi connectivity index (χ2n) is 10.6. The number of rotatable bonds is 7. The standard InChI is InChI=1S/C28H27FN6O3S/c1-28(2,27(30)37)16-8-20(15-4-6-17(29)7-5-15)32-24(9-16)38-25-18-11-35(12-19(18)25)26(36)23-10-21(33-34(23)3)22-13-39-14-31-22/h4-10,13-14,18-19,25H,11-12H2,1-3H3,(H2,30,37)/t18-,19+,25+. The highest BCUT2D eigenvalue weighted by Gasteiger charge is 2.59. The number of nitrogens with two attached hydrogens (primary N) is 1. The van der Waals surface area contributed by atoms with Crippen molar-refractivity contribution < 1.29 is 18.7 Å². The van der Waals surface area contributed by atoms with E-state index in [1.807, 2.05) is 10.3 Å². The number of hydrogen-bond donors (Lipinski definition) is 1. The Morgan fingerprint density at radius 2 is 1.79 bits per heavy atom. The maximum Gasteiger partial charge on any atom is 0.272 e. The van der Waals surface area contributed by atoms with E-state index in [0.29, 0.717) is 47.2 Å². The first-order chi connectivity index (χ1) is 18.6. The molecule has 0 radical (unpaired) electrons. The van der Waals surface area contributed by atoms with Gasteiger partial charge in [0, 0.05) is 49.0 Å². The first-order valence-corrected chi connectivity index (χ1v) is 13.5.